The summed E-state index contributed by atoms with van der Waals surface area (Å²) in [5.41, 5.74) is 14.0. The lowest BCUT2D eigenvalue weighted by Crippen LogP contribution is -2.11. The molecule has 0 saturated heterocycles. The Hall–Kier alpha value is -6.26. The van der Waals surface area contributed by atoms with Gasteiger partial charge in [-0.2, -0.15) is 0 Å². The summed E-state index contributed by atoms with van der Waals surface area (Å²) in [6.45, 7) is 15.4. The second-order valence-electron chi connectivity index (χ2n) is 17.0. The Morgan fingerprint density at radius 1 is 0.554 bits per heavy atom. The molecule has 1 unspecified atom stereocenters. The number of phenols is 1. The molecule has 2 aromatic heterocycles. The maximum absolute atomic E-state index is 12.0. The van der Waals surface area contributed by atoms with Crippen molar-refractivity contribution >= 4 is 11.0 Å². The molecule has 8 aromatic rings. The van der Waals surface area contributed by atoms with E-state index in [0.29, 0.717) is 11.4 Å². The monoisotopic (exact) mass is 731 g/mol. The first-order valence-corrected chi connectivity index (χ1v) is 19.5. The zero-order valence-electron chi connectivity index (χ0n) is 33.4. The Kier molecular flexibility index (Phi) is 9.46. The van der Waals surface area contributed by atoms with Crippen LogP contribution in [0.4, 0.5) is 0 Å². The van der Waals surface area contributed by atoms with Crippen molar-refractivity contribution in [2.75, 3.05) is 0 Å². The van der Waals surface area contributed by atoms with E-state index in [-0.39, 0.29) is 22.5 Å². The Balaban J connectivity index is 1.34. The molecular formula is C52H49N3O. The van der Waals surface area contributed by atoms with Crippen LogP contribution in [0.25, 0.3) is 61.6 Å². The smallest absolute Gasteiger partial charge is 0.149 e. The van der Waals surface area contributed by atoms with Gasteiger partial charge in [0.15, 0.2) is 0 Å². The van der Waals surface area contributed by atoms with Crippen LogP contribution in [-0.4, -0.2) is 19.6 Å². The van der Waals surface area contributed by atoms with Gasteiger partial charge in [-0.3, -0.25) is 9.55 Å². The van der Waals surface area contributed by atoms with Crippen LogP contribution in [0.2, 0.25) is 0 Å². The van der Waals surface area contributed by atoms with Crippen LogP contribution in [-0.2, 0) is 10.8 Å². The van der Waals surface area contributed by atoms with Crippen molar-refractivity contribution in [3.8, 4) is 56.3 Å². The van der Waals surface area contributed by atoms with E-state index in [2.05, 4.69) is 180 Å². The Bertz CT molecular complexity index is 2660. The summed E-state index contributed by atoms with van der Waals surface area (Å²) in [6, 6.07) is 53.3. The summed E-state index contributed by atoms with van der Waals surface area (Å²) in [5, 5.41) is 12.0. The average molecular weight is 732 g/mol. The fraction of sp³-hybridized carbons (Fsp3) is 0.192. The average Bonchev–Trinajstić information content (AvgIpc) is 3.60. The number of nitrogens with zero attached hydrogens (tertiary/aromatic N) is 3. The van der Waals surface area contributed by atoms with Crippen LogP contribution < -0.4 is 0 Å². The van der Waals surface area contributed by atoms with E-state index in [1.165, 1.54) is 16.7 Å². The molecule has 0 aliphatic heterocycles. The predicted octanol–water partition coefficient (Wildman–Crippen LogP) is 13.5. The number of phenolic OH excluding ortho intramolecular Hbond substituents is 1. The van der Waals surface area contributed by atoms with Crippen molar-refractivity contribution in [3.63, 3.8) is 0 Å². The number of hydrogen-bond acceptors (Lipinski definition) is 3. The minimum Gasteiger partial charge on any atom is -0.507 e. The number of hydrogen-bond donors (Lipinski definition) is 1. The molecule has 4 heteroatoms. The van der Waals surface area contributed by atoms with Crippen molar-refractivity contribution in [2.45, 2.75) is 65.2 Å². The van der Waals surface area contributed by atoms with Gasteiger partial charge in [0.1, 0.15) is 11.6 Å². The molecule has 0 aliphatic rings. The van der Waals surface area contributed by atoms with Gasteiger partial charge in [0.05, 0.1) is 22.3 Å². The summed E-state index contributed by atoms with van der Waals surface area (Å²) in [6.07, 6.45) is 1.97. The van der Waals surface area contributed by atoms with Gasteiger partial charge in [-0.25, -0.2) is 4.98 Å². The van der Waals surface area contributed by atoms with E-state index >= 15 is 0 Å². The lowest BCUT2D eigenvalue weighted by atomic mass is 9.83. The van der Waals surface area contributed by atoms with E-state index in [0.717, 1.165) is 55.8 Å². The van der Waals surface area contributed by atoms with Gasteiger partial charge in [0, 0.05) is 34.5 Å². The number of para-hydroxylation sites is 2. The normalized spacial score (nSPS) is 12.6. The van der Waals surface area contributed by atoms with E-state index in [9.17, 15) is 5.11 Å². The van der Waals surface area contributed by atoms with Crippen LogP contribution in [0.5, 0.6) is 5.75 Å². The summed E-state index contributed by atoms with van der Waals surface area (Å²) >= 11 is 0. The molecule has 0 aliphatic carbocycles. The second-order valence-corrected chi connectivity index (χ2v) is 17.0. The number of imidazole rings is 1. The van der Waals surface area contributed by atoms with Crippen molar-refractivity contribution in [1.29, 1.82) is 0 Å². The molecule has 6 aromatic carbocycles. The third-order valence-corrected chi connectivity index (χ3v) is 11.0. The summed E-state index contributed by atoms with van der Waals surface area (Å²) in [4.78, 5) is 10.5. The lowest BCUT2D eigenvalue weighted by molar-refractivity contribution is 0.448. The van der Waals surface area contributed by atoms with Crippen LogP contribution in [0.1, 0.15) is 76.6 Å². The van der Waals surface area contributed by atoms with Gasteiger partial charge >= 0.3 is 0 Å². The fourth-order valence-corrected chi connectivity index (χ4v) is 7.70. The Morgan fingerprint density at radius 2 is 1.21 bits per heavy atom. The third-order valence-electron chi connectivity index (χ3n) is 11.0. The maximum Gasteiger partial charge on any atom is 0.149 e. The van der Waals surface area contributed by atoms with E-state index in [1.807, 2.05) is 30.5 Å². The first kappa shape index (κ1) is 36.7. The molecule has 56 heavy (non-hydrogen) atoms. The maximum atomic E-state index is 12.0. The van der Waals surface area contributed by atoms with Crippen LogP contribution in [0, 0.1) is 0 Å². The molecule has 1 N–H and O–H groups in total. The van der Waals surface area contributed by atoms with E-state index in [4.69, 9.17) is 9.97 Å². The van der Waals surface area contributed by atoms with Gasteiger partial charge in [0.25, 0.3) is 0 Å². The molecule has 8 rings (SSSR count). The Labute approximate surface area is 331 Å². The van der Waals surface area contributed by atoms with E-state index < -0.39 is 0 Å². The molecule has 1 atom stereocenters. The number of aromatic hydroxyl groups is 1. The zero-order chi connectivity index (χ0) is 39.2. The summed E-state index contributed by atoms with van der Waals surface area (Å²) < 4.78 is 2.22. The SMILES string of the molecule is CC(c1ccccc1)c1cccc(-n2c(-c3cccc(C(C)(C)C)c3O)nc3c(-c4cc(-c5ccc(-c6ccccc6)cn5)cc(C(C)(C)C)c4)cccc32)c1. The van der Waals surface area contributed by atoms with Gasteiger partial charge in [-0.05, 0) is 86.7 Å². The number of aromatic nitrogens is 3. The predicted molar refractivity (Wildman–Crippen MR) is 234 cm³/mol. The molecule has 278 valence electrons. The van der Waals surface area contributed by atoms with Gasteiger partial charge in [-0.15, -0.1) is 0 Å². The van der Waals surface area contributed by atoms with E-state index in [1.54, 1.807) is 0 Å². The van der Waals surface area contributed by atoms with Crippen molar-refractivity contribution in [2.24, 2.45) is 0 Å². The molecule has 2 heterocycles. The lowest BCUT2D eigenvalue weighted by Gasteiger charge is -2.22. The highest BCUT2D eigenvalue weighted by atomic mass is 16.3. The van der Waals surface area contributed by atoms with Gasteiger partial charge in [0.2, 0.25) is 0 Å². The molecule has 0 amide bonds. The van der Waals surface area contributed by atoms with Crippen LogP contribution >= 0.6 is 0 Å². The van der Waals surface area contributed by atoms with Gasteiger partial charge in [-0.1, -0.05) is 158 Å². The molecule has 0 radical (unpaired) electrons. The quantitative estimate of drug-likeness (QED) is 0.178. The number of benzene rings is 6. The van der Waals surface area contributed by atoms with Gasteiger partial charge < -0.3 is 5.11 Å². The largest absolute Gasteiger partial charge is 0.507 e. The highest BCUT2D eigenvalue weighted by Gasteiger charge is 2.26. The Morgan fingerprint density at radius 3 is 1.91 bits per heavy atom. The molecule has 0 bridgehead atoms. The van der Waals surface area contributed by atoms with Crippen LogP contribution in [0.3, 0.4) is 0 Å². The highest BCUT2D eigenvalue weighted by molar-refractivity contribution is 5.97. The minimum absolute atomic E-state index is 0.109. The number of fused-ring (bicyclic) bond motifs is 1. The first-order chi connectivity index (χ1) is 26.9. The fourth-order valence-electron chi connectivity index (χ4n) is 7.70. The molecule has 4 nitrogen and oxygen atoms in total. The highest BCUT2D eigenvalue weighted by Crippen LogP contribution is 2.43. The third kappa shape index (κ3) is 7.04. The second kappa shape index (κ2) is 14.4. The van der Waals surface area contributed by atoms with Crippen molar-refractivity contribution in [1.82, 2.24) is 14.5 Å². The number of pyridine rings is 1. The summed E-state index contributed by atoms with van der Waals surface area (Å²) in [7, 11) is 0. The van der Waals surface area contributed by atoms with Crippen molar-refractivity contribution < 1.29 is 5.11 Å². The zero-order valence-corrected chi connectivity index (χ0v) is 33.4. The molecular weight excluding hydrogens is 683 g/mol. The standard InChI is InChI=1S/C52H49N3O/c1-34(35-17-10-8-11-18-35)37-21-14-22-42(32-37)55-47-26-16-23-43(48(47)54-50(55)44-24-15-25-45(49(44)56)52(5,6)7)39-29-40(31-41(30-39)51(2,3)4)46-28-27-38(33-53-46)36-19-12-9-13-20-36/h8-34,56H,1-7H3. The number of rotatable bonds is 7. The molecule has 0 fully saturated rings. The molecule has 0 spiro atoms. The summed E-state index contributed by atoms with van der Waals surface area (Å²) in [5.74, 6) is 1.15. The molecule has 0 saturated carbocycles. The topological polar surface area (TPSA) is 50.9 Å². The van der Waals surface area contributed by atoms with Crippen LogP contribution in [0.15, 0.2) is 158 Å². The first-order valence-electron chi connectivity index (χ1n) is 19.5. The minimum atomic E-state index is -0.260. The van der Waals surface area contributed by atoms with Crippen molar-refractivity contribution in [3.05, 3.63) is 180 Å².